The fourth-order valence-corrected chi connectivity index (χ4v) is 1.78. The minimum absolute atomic E-state index is 0.891. The van der Waals surface area contributed by atoms with Crippen LogP contribution in [0.25, 0.3) is 11.1 Å². The van der Waals surface area contributed by atoms with E-state index in [2.05, 4.69) is 30.2 Å². The first-order chi connectivity index (χ1) is 6.79. The number of thiol groups is 2. The van der Waals surface area contributed by atoms with E-state index in [-0.39, 0.29) is 0 Å². The van der Waals surface area contributed by atoms with Gasteiger partial charge in [0.1, 0.15) is 0 Å². The molecule has 1 aromatic heterocycles. The van der Waals surface area contributed by atoms with Crippen LogP contribution in [0.3, 0.4) is 0 Å². The van der Waals surface area contributed by atoms with E-state index in [0.29, 0.717) is 0 Å². The summed E-state index contributed by atoms with van der Waals surface area (Å²) in [5.41, 5.74) is 2.20. The standard InChI is InChI=1S/C11H9NS2/c13-10-3-1-2-9(11(10)14)8-4-6-12-7-5-8/h1-7,13-14H. The van der Waals surface area contributed by atoms with E-state index < -0.39 is 0 Å². The molecule has 0 aliphatic heterocycles. The van der Waals surface area contributed by atoms with Crippen molar-refractivity contribution in [3.05, 3.63) is 42.7 Å². The Morgan fingerprint density at radius 1 is 0.929 bits per heavy atom. The van der Waals surface area contributed by atoms with Gasteiger partial charge in [-0.05, 0) is 29.3 Å². The average Bonchev–Trinajstić information content (AvgIpc) is 2.23. The molecule has 0 radical (unpaired) electrons. The summed E-state index contributed by atoms with van der Waals surface area (Å²) in [5, 5.41) is 0. The monoisotopic (exact) mass is 219 g/mol. The van der Waals surface area contributed by atoms with Crippen molar-refractivity contribution in [2.24, 2.45) is 0 Å². The van der Waals surface area contributed by atoms with Crippen LogP contribution in [-0.4, -0.2) is 4.98 Å². The van der Waals surface area contributed by atoms with E-state index in [9.17, 15) is 0 Å². The summed E-state index contributed by atoms with van der Waals surface area (Å²) in [5.74, 6) is 0. The Hall–Kier alpha value is -0.930. The summed E-state index contributed by atoms with van der Waals surface area (Å²) in [6.45, 7) is 0. The third-order valence-corrected chi connectivity index (χ3v) is 3.04. The van der Waals surface area contributed by atoms with Crippen LogP contribution < -0.4 is 0 Å². The van der Waals surface area contributed by atoms with Gasteiger partial charge < -0.3 is 0 Å². The van der Waals surface area contributed by atoms with Gasteiger partial charge in [0.15, 0.2) is 0 Å². The minimum atomic E-state index is 0.891. The summed E-state index contributed by atoms with van der Waals surface area (Å²) in [6.07, 6.45) is 3.54. The van der Waals surface area contributed by atoms with Gasteiger partial charge in [0.05, 0.1) is 0 Å². The van der Waals surface area contributed by atoms with Crippen molar-refractivity contribution in [1.29, 1.82) is 0 Å². The molecule has 0 unspecified atom stereocenters. The highest BCUT2D eigenvalue weighted by Crippen LogP contribution is 2.30. The highest BCUT2D eigenvalue weighted by atomic mass is 32.1. The lowest BCUT2D eigenvalue weighted by Gasteiger charge is -2.06. The van der Waals surface area contributed by atoms with E-state index in [1.807, 2.05) is 30.3 Å². The van der Waals surface area contributed by atoms with Crippen LogP contribution in [0, 0.1) is 0 Å². The second-order valence-electron chi connectivity index (χ2n) is 2.91. The molecule has 0 aliphatic carbocycles. The molecule has 0 N–H and O–H groups in total. The van der Waals surface area contributed by atoms with Crippen molar-refractivity contribution >= 4 is 25.3 Å². The van der Waals surface area contributed by atoms with Gasteiger partial charge in [-0.3, -0.25) is 4.98 Å². The SMILES string of the molecule is Sc1cccc(-c2ccncc2)c1S. The number of benzene rings is 1. The van der Waals surface area contributed by atoms with Crippen LogP contribution in [0.2, 0.25) is 0 Å². The van der Waals surface area contributed by atoms with Gasteiger partial charge in [-0.25, -0.2) is 0 Å². The summed E-state index contributed by atoms with van der Waals surface area (Å²) in [7, 11) is 0. The topological polar surface area (TPSA) is 12.9 Å². The number of nitrogens with zero attached hydrogens (tertiary/aromatic N) is 1. The Labute approximate surface area is 94.0 Å². The second kappa shape index (κ2) is 4.07. The Balaban J connectivity index is 2.58. The molecule has 0 saturated heterocycles. The van der Waals surface area contributed by atoms with Crippen LogP contribution in [0.4, 0.5) is 0 Å². The summed E-state index contributed by atoms with van der Waals surface area (Å²) in [4.78, 5) is 5.77. The van der Waals surface area contributed by atoms with Gasteiger partial charge in [0.2, 0.25) is 0 Å². The number of hydrogen-bond donors (Lipinski definition) is 2. The predicted molar refractivity (Wildman–Crippen MR) is 64.2 cm³/mol. The van der Waals surface area contributed by atoms with Gasteiger partial charge in [0.25, 0.3) is 0 Å². The number of rotatable bonds is 1. The highest BCUT2D eigenvalue weighted by molar-refractivity contribution is 7.83. The zero-order valence-corrected chi connectivity index (χ0v) is 9.17. The summed E-state index contributed by atoms with van der Waals surface area (Å²) >= 11 is 8.75. The van der Waals surface area contributed by atoms with Crippen molar-refractivity contribution in [2.45, 2.75) is 9.79 Å². The number of hydrogen-bond acceptors (Lipinski definition) is 3. The van der Waals surface area contributed by atoms with E-state index in [0.717, 1.165) is 20.9 Å². The molecular weight excluding hydrogens is 210 g/mol. The van der Waals surface area contributed by atoms with Crippen molar-refractivity contribution in [1.82, 2.24) is 4.98 Å². The van der Waals surface area contributed by atoms with Crippen LogP contribution in [0.15, 0.2) is 52.5 Å². The van der Waals surface area contributed by atoms with E-state index in [4.69, 9.17) is 0 Å². The van der Waals surface area contributed by atoms with Crippen molar-refractivity contribution < 1.29 is 0 Å². The molecule has 0 bridgehead atoms. The largest absolute Gasteiger partial charge is 0.265 e. The summed E-state index contributed by atoms with van der Waals surface area (Å²) < 4.78 is 0. The van der Waals surface area contributed by atoms with Crippen LogP contribution in [0.1, 0.15) is 0 Å². The maximum absolute atomic E-state index is 4.43. The Morgan fingerprint density at radius 3 is 2.36 bits per heavy atom. The molecule has 1 nitrogen and oxygen atoms in total. The molecule has 0 atom stereocenters. The van der Waals surface area contributed by atoms with Gasteiger partial charge in [-0.1, -0.05) is 12.1 Å². The third kappa shape index (κ3) is 1.79. The fraction of sp³-hybridized carbons (Fsp3) is 0. The average molecular weight is 219 g/mol. The van der Waals surface area contributed by atoms with Gasteiger partial charge >= 0.3 is 0 Å². The predicted octanol–water partition coefficient (Wildman–Crippen LogP) is 3.33. The molecule has 0 spiro atoms. The first kappa shape index (κ1) is 9.62. The molecule has 70 valence electrons. The van der Waals surface area contributed by atoms with Crippen molar-refractivity contribution in [3.63, 3.8) is 0 Å². The van der Waals surface area contributed by atoms with Crippen LogP contribution in [-0.2, 0) is 0 Å². The second-order valence-corrected chi connectivity index (χ2v) is 3.84. The Morgan fingerprint density at radius 2 is 1.64 bits per heavy atom. The number of pyridine rings is 1. The van der Waals surface area contributed by atoms with Gasteiger partial charge in [0, 0.05) is 22.2 Å². The zero-order chi connectivity index (χ0) is 9.97. The van der Waals surface area contributed by atoms with E-state index >= 15 is 0 Å². The molecule has 1 heterocycles. The van der Waals surface area contributed by atoms with Gasteiger partial charge in [-0.2, -0.15) is 0 Å². The highest BCUT2D eigenvalue weighted by Gasteiger charge is 2.03. The lowest BCUT2D eigenvalue weighted by molar-refractivity contribution is 1.26. The molecule has 3 heteroatoms. The molecule has 2 rings (SSSR count). The summed E-state index contributed by atoms with van der Waals surface area (Å²) in [6, 6.07) is 9.84. The van der Waals surface area contributed by atoms with Crippen molar-refractivity contribution in [3.8, 4) is 11.1 Å². The smallest absolute Gasteiger partial charge is 0.0273 e. The van der Waals surface area contributed by atoms with Gasteiger partial charge in [-0.15, -0.1) is 25.3 Å². The first-order valence-electron chi connectivity index (χ1n) is 4.20. The van der Waals surface area contributed by atoms with E-state index in [1.165, 1.54) is 0 Å². The Kier molecular flexibility index (Phi) is 2.79. The van der Waals surface area contributed by atoms with Crippen LogP contribution in [0.5, 0.6) is 0 Å². The van der Waals surface area contributed by atoms with Crippen molar-refractivity contribution in [2.75, 3.05) is 0 Å². The molecule has 0 saturated carbocycles. The number of aromatic nitrogens is 1. The fourth-order valence-electron chi connectivity index (χ4n) is 1.30. The normalized spacial score (nSPS) is 10.1. The third-order valence-electron chi connectivity index (χ3n) is 2.01. The molecule has 2 aromatic rings. The minimum Gasteiger partial charge on any atom is -0.265 e. The molecular formula is C11H9NS2. The quantitative estimate of drug-likeness (QED) is 0.702. The maximum Gasteiger partial charge on any atom is 0.0273 e. The lowest BCUT2D eigenvalue weighted by atomic mass is 10.1. The molecule has 1 aromatic carbocycles. The molecule has 0 aliphatic rings. The van der Waals surface area contributed by atoms with E-state index in [1.54, 1.807) is 12.4 Å². The molecule has 0 fully saturated rings. The first-order valence-corrected chi connectivity index (χ1v) is 5.10. The Bertz CT molecular complexity index is 440. The maximum atomic E-state index is 4.43. The van der Waals surface area contributed by atoms with Crippen LogP contribution >= 0.6 is 25.3 Å². The zero-order valence-electron chi connectivity index (χ0n) is 7.38. The molecule has 0 amide bonds. The molecule has 14 heavy (non-hydrogen) atoms. The lowest BCUT2D eigenvalue weighted by Crippen LogP contribution is -1.81.